The first-order valence-electron chi connectivity index (χ1n) is 4.36. The number of pyridine rings is 1. The van der Waals surface area contributed by atoms with E-state index in [0.717, 1.165) is 17.0 Å². The van der Waals surface area contributed by atoms with Gasteiger partial charge in [0.05, 0.1) is 5.69 Å². The Bertz CT molecular complexity index is 443. The molecule has 0 spiro atoms. The fraction of sp³-hybridized carbons (Fsp3) is 0.300. The topological polar surface area (TPSA) is 43.3 Å². The van der Waals surface area contributed by atoms with Crippen molar-refractivity contribution in [1.82, 2.24) is 9.38 Å². The third-order valence-electron chi connectivity index (χ3n) is 2.31. The molecule has 0 atom stereocenters. The van der Waals surface area contributed by atoms with Crippen LogP contribution < -0.4 is 5.73 Å². The third-order valence-corrected chi connectivity index (χ3v) is 2.31. The van der Waals surface area contributed by atoms with Crippen LogP contribution in [0.5, 0.6) is 0 Å². The standard InChI is InChI=1S/C10H13N3/c1-7-3-4-13-8(2)9(6-11)12-10(13)5-7/h3-5H,6,11H2,1-2H3. The second-order valence-corrected chi connectivity index (χ2v) is 3.28. The number of nitrogens with two attached hydrogens (primary N) is 1. The van der Waals surface area contributed by atoms with E-state index in [1.807, 2.05) is 13.1 Å². The van der Waals surface area contributed by atoms with Crippen molar-refractivity contribution in [1.29, 1.82) is 0 Å². The molecule has 3 heteroatoms. The summed E-state index contributed by atoms with van der Waals surface area (Å²) < 4.78 is 2.06. The summed E-state index contributed by atoms with van der Waals surface area (Å²) in [6, 6.07) is 4.13. The molecule has 68 valence electrons. The minimum Gasteiger partial charge on any atom is -0.325 e. The summed E-state index contributed by atoms with van der Waals surface area (Å²) in [5, 5.41) is 0. The molecule has 0 aliphatic rings. The van der Waals surface area contributed by atoms with Crippen molar-refractivity contribution in [3.8, 4) is 0 Å². The quantitative estimate of drug-likeness (QED) is 0.712. The van der Waals surface area contributed by atoms with Gasteiger partial charge in [-0.15, -0.1) is 0 Å². The average molecular weight is 175 g/mol. The lowest BCUT2D eigenvalue weighted by atomic mass is 10.3. The summed E-state index contributed by atoms with van der Waals surface area (Å²) in [5.41, 5.74) is 9.90. The number of nitrogens with zero attached hydrogens (tertiary/aromatic N) is 2. The first-order chi connectivity index (χ1) is 6.22. The maximum absolute atomic E-state index is 5.58. The monoisotopic (exact) mass is 175 g/mol. The molecule has 0 radical (unpaired) electrons. The summed E-state index contributed by atoms with van der Waals surface area (Å²) in [4.78, 5) is 4.43. The van der Waals surface area contributed by atoms with Gasteiger partial charge in [-0.2, -0.15) is 0 Å². The highest BCUT2D eigenvalue weighted by atomic mass is 15.0. The van der Waals surface area contributed by atoms with E-state index >= 15 is 0 Å². The molecule has 0 bridgehead atoms. The van der Waals surface area contributed by atoms with Gasteiger partial charge in [0.15, 0.2) is 0 Å². The predicted molar refractivity (Wildman–Crippen MR) is 52.6 cm³/mol. The van der Waals surface area contributed by atoms with Crippen LogP contribution in [0.3, 0.4) is 0 Å². The van der Waals surface area contributed by atoms with Gasteiger partial charge in [-0.25, -0.2) is 4.98 Å². The van der Waals surface area contributed by atoms with Gasteiger partial charge in [-0.1, -0.05) is 0 Å². The highest BCUT2D eigenvalue weighted by Gasteiger charge is 2.05. The molecule has 3 nitrogen and oxygen atoms in total. The number of fused-ring (bicyclic) bond motifs is 1. The van der Waals surface area contributed by atoms with Gasteiger partial charge in [0.1, 0.15) is 5.65 Å². The van der Waals surface area contributed by atoms with Gasteiger partial charge in [-0.3, -0.25) is 0 Å². The summed E-state index contributed by atoms with van der Waals surface area (Å²) in [6.07, 6.45) is 2.03. The highest BCUT2D eigenvalue weighted by Crippen LogP contribution is 2.12. The molecule has 0 saturated carbocycles. The molecule has 0 saturated heterocycles. The molecule has 13 heavy (non-hydrogen) atoms. The Morgan fingerprint density at radius 3 is 2.92 bits per heavy atom. The predicted octanol–water partition coefficient (Wildman–Crippen LogP) is 1.41. The fourth-order valence-electron chi connectivity index (χ4n) is 1.51. The van der Waals surface area contributed by atoms with Gasteiger partial charge in [0.25, 0.3) is 0 Å². The van der Waals surface area contributed by atoms with Gasteiger partial charge in [0.2, 0.25) is 0 Å². The molecule has 2 aromatic heterocycles. The van der Waals surface area contributed by atoms with Crippen molar-refractivity contribution in [2.75, 3.05) is 0 Å². The zero-order valence-corrected chi connectivity index (χ0v) is 7.91. The first-order valence-corrected chi connectivity index (χ1v) is 4.36. The molecular formula is C10H13N3. The lowest BCUT2D eigenvalue weighted by molar-refractivity contribution is 0.982. The Morgan fingerprint density at radius 1 is 1.46 bits per heavy atom. The number of aryl methyl sites for hydroxylation is 2. The number of hydrogen-bond donors (Lipinski definition) is 1. The Kier molecular flexibility index (Phi) is 1.81. The van der Waals surface area contributed by atoms with Crippen molar-refractivity contribution in [2.45, 2.75) is 20.4 Å². The smallest absolute Gasteiger partial charge is 0.137 e. The first kappa shape index (κ1) is 8.26. The summed E-state index contributed by atoms with van der Waals surface area (Å²) in [5.74, 6) is 0. The second kappa shape index (κ2) is 2.85. The Morgan fingerprint density at radius 2 is 2.23 bits per heavy atom. The summed E-state index contributed by atoms with van der Waals surface area (Å²) in [6.45, 7) is 4.61. The molecule has 0 amide bonds. The van der Waals surface area contributed by atoms with Crippen LogP contribution >= 0.6 is 0 Å². The third kappa shape index (κ3) is 1.21. The lowest BCUT2D eigenvalue weighted by Gasteiger charge is -1.96. The van der Waals surface area contributed by atoms with Crippen LogP contribution in [0.1, 0.15) is 17.0 Å². The van der Waals surface area contributed by atoms with Gasteiger partial charge >= 0.3 is 0 Å². The van der Waals surface area contributed by atoms with Gasteiger partial charge in [0, 0.05) is 18.4 Å². The molecular weight excluding hydrogens is 162 g/mol. The van der Waals surface area contributed by atoms with Crippen LogP contribution in [0.15, 0.2) is 18.3 Å². The largest absolute Gasteiger partial charge is 0.325 e. The minimum atomic E-state index is 0.507. The van der Waals surface area contributed by atoms with E-state index in [1.54, 1.807) is 0 Å². The van der Waals surface area contributed by atoms with E-state index < -0.39 is 0 Å². The van der Waals surface area contributed by atoms with E-state index in [-0.39, 0.29) is 0 Å². The molecule has 2 N–H and O–H groups in total. The van der Waals surface area contributed by atoms with E-state index in [1.165, 1.54) is 5.56 Å². The van der Waals surface area contributed by atoms with Crippen LogP contribution in [0.2, 0.25) is 0 Å². The van der Waals surface area contributed by atoms with Gasteiger partial charge in [-0.05, 0) is 31.5 Å². The van der Waals surface area contributed by atoms with Crippen LogP contribution in [-0.2, 0) is 6.54 Å². The number of aromatic nitrogens is 2. The molecule has 2 rings (SSSR count). The lowest BCUT2D eigenvalue weighted by Crippen LogP contribution is -1.98. The molecule has 2 heterocycles. The van der Waals surface area contributed by atoms with Gasteiger partial charge < -0.3 is 10.1 Å². The average Bonchev–Trinajstić information content (AvgIpc) is 2.42. The summed E-state index contributed by atoms with van der Waals surface area (Å²) in [7, 11) is 0. The number of rotatable bonds is 1. The molecule has 0 unspecified atom stereocenters. The zero-order valence-electron chi connectivity index (χ0n) is 7.91. The van der Waals surface area contributed by atoms with E-state index in [2.05, 4.69) is 28.4 Å². The molecule has 0 aromatic carbocycles. The molecule has 0 aliphatic carbocycles. The van der Waals surface area contributed by atoms with Crippen molar-refractivity contribution >= 4 is 5.65 Å². The minimum absolute atomic E-state index is 0.507. The maximum atomic E-state index is 5.58. The van der Waals surface area contributed by atoms with Crippen molar-refractivity contribution in [3.05, 3.63) is 35.3 Å². The zero-order chi connectivity index (χ0) is 9.42. The Hall–Kier alpha value is -1.35. The van der Waals surface area contributed by atoms with E-state index in [9.17, 15) is 0 Å². The van der Waals surface area contributed by atoms with Crippen molar-refractivity contribution in [2.24, 2.45) is 5.73 Å². The van der Waals surface area contributed by atoms with Crippen LogP contribution in [-0.4, -0.2) is 9.38 Å². The number of imidazole rings is 1. The van der Waals surface area contributed by atoms with Crippen LogP contribution in [0.25, 0.3) is 5.65 Å². The SMILES string of the molecule is Cc1ccn2c(C)c(CN)nc2c1. The van der Waals surface area contributed by atoms with Crippen molar-refractivity contribution < 1.29 is 0 Å². The van der Waals surface area contributed by atoms with E-state index in [4.69, 9.17) is 5.73 Å². The van der Waals surface area contributed by atoms with Crippen LogP contribution in [0, 0.1) is 13.8 Å². The molecule has 2 aromatic rings. The normalized spacial score (nSPS) is 11.0. The maximum Gasteiger partial charge on any atom is 0.137 e. The fourth-order valence-corrected chi connectivity index (χ4v) is 1.51. The molecule has 0 aliphatic heterocycles. The van der Waals surface area contributed by atoms with Crippen molar-refractivity contribution in [3.63, 3.8) is 0 Å². The second-order valence-electron chi connectivity index (χ2n) is 3.28. The summed E-state index contributed by atoms with van der Waals surface area (Å²) >= 11 is 0. The Balaban J connectivity index is 2.76. The van der Waals surface area contributed by atoms with Crippen LogP contribution in [0.4, 0.5) is 0 Å². The number of hydrogen-bond acceptors (Lipinski definition) is 2. The molecule has 0 fully saturated rings. The Labute approximate surface area is 77.2 Å². The van der Waals surface area contributed by atoms with E-state index in [0.29, 0.717) is 6.54 Å². The highest BCUT2D eigenvalue weighted by molar-refractivity contribution is 5.45.